The van der Waals surface area contributed by atoms with Crippen LogP contribution in [0, 0.1) is 0 Å². The van der Waals surface area contributed by atoms with Gasteiger partial charge in [0, 0.05) is 24.3 Å². The molecule has 4 amide bonds. The number of hydrogen-bond acceptors (Lipinski definition) is 7. The summed E-state index contributed by atoms with van der Waals surface area (Å²) >= 11 is 3.89. The summed E-state index contributed by atoms with van der Waals surface area (Å²) in [5.41, 5.74) is 0. The van der Waals surface area contributed by atoms with Gasteiger partial charge in [0.25, 0.3) is 11.8 Å². The number of imide groups is 1. The molecule has 1 aliphatic rings. The molecule has 2 atom stereocenters. The van der Waals surface area contributed by atoms with Gasteiger partial charge in [-0.3, -0.25) is 28.9 Å². The van der Waals surface area contributed by atoms with Gasteiger partial charge in [-0.05, 0) is 6.42 Å². The number of amides is 4. The Morgan fingerprint density at radius 1 is 1.12 bits per heavy atom. The monoisotopic (exact) mass is 387 g/mol. The molecule has 26 heavy (non-hydrogen) atoms. The topological polar surface area (TPSA) is 170 Å². The molecule has 11 nitrogen and oxygen atoms in total. The van der Waals surface area contributed by atoms with E-state index in [9.17, 15) is 33.9 Å². The van der Waals surface area contributed by atoms with Crippen molar-refractivity contribution in [2.75, 3.05) is 12.3 Å². The second kappa shape index (κ2) is 9.56. The van der Waals surface area contributed by atoms with E-state index in [1.165, 1.54) is 0 Å². The highest BCUT2D eigenvalue weighted by Crippen LogP contribution is 2.14. The number of carboxylic acids is 2. The molecule has 142 valence electrons. The quantitative estimate of drug-likeness (QED) is 0.207. The van der Waals surface area contributed by atoms with Crippen molar-refractivity contribution in [1.82, 2.24) is 15.5 Å². The van der Waals surface area contributed by atoms with E-state index in [-0.39, 0.29) is 18.6 Å². The number of carbonyl (C=O) groups is 6. The summed E-state index contributed by atoms with van der Waals surface area (Å²) in [6, 6.07) is -2.64. The molecule has 1 heterocycles. The molecule has 1 rings (SSSR count). The number of carboxylic acid groups (broad SMARTS) is 2. The van der Waals surface area contributed by atoms with Crippen molar-refractivity contribution in [1.29, 1.82) is 0 Å². The number of hydrogen-bond donors (Lipinski definition) is 5. The molecule has 0 spiro atoms. The van der Waals surface area contributed by atoms with Crippen LogP contribution in [-0.4, -0.2) is 75.1 Å². The molecule has 0 fully saturated rings. The average molecular weight is 387 g/mol. The number of rotatable bonds is 10. The summed E-state index contributed by atoms with van der Waals surface area (Å²) in [4.78, 5) is 69.0. The van der Waals surface area contributed by atoms with Crippen LogP contribution in [0.4, 0.5) is 0 Å². The second-order valence-electron chi connectivity index (χ2n) is 5.19. The summed E-state index contributed by atoms with van der Waals surface area (Å²) in [6.45, 7) is -0.633. The first-order valence-electron chi connectivity index (χ1n) is 7.35. The summed E-state index contributed by atoms with van der Waals surface area (Å²) < 4.78 is 0. The fourth-order valence-electron chi connectivity index (χ4n) is 2.10. The zero-order valence-corrected chi connectivity index (χ0v) is 14.3. The van der Waals surface area contributed by atoms with Gasteiger partial charge in [-0.25, -0.2) is 4.79 Å². The van der Waals surface area contributed by atoms with Crippen molar-refractivity contribution in [3.63, 3.8) is 0 Å². The molecule has 12 heteroatoms. The molecule has 0 aromatic rings. The lowest BCUT2D eigenvalue weighted by Gasteiger charge is -2.22. The highest BCUT2D eigenvalue weighted by molar-refractivity contribution is 7.80. The van der Waals surface area contributed by atoms with Gasteiger partial charge < -0.3 is 20.8 Å². The standard InChI is InChI=1S/C14H17N3O8S/c18-9(16-7(6-26)13(23)15-5-12(21)22)2-1-8(14(24)25)17-10(19)3-4-11(17)20/h3-4,7-8,26H,1-2,5-6H2,(H,15,23)(H,16,18)(H,21,22)(H,24,25)/t7-,8-/m0/s1. The minimum atomic E-state index is -1.52. The second-order valence-corrected chi connectivity index (χ2v) is 5.55. The van der Waals surface area contributed by atoms with Crippen molar-refractivity contribution >= 4 is 48.2 Å². The van der Waals surface area contributed by atoms with E-state index in [2.05, 4.69) is 23.3 Å². The van der Waals surface area contributed by atoms with E-state index < -0.39 is 54.2 Å². The van der Waals surface area contributed by atoms with Crippen molar-refractivity contribution in [3.8, 4) is 0 Å². The Morgan fingerprint density at radius 2 is 1.69 bits per heavy atom. The zero-order chi connectivity index (χ0) is 19.9. The Labute approximate surface area is 152 Å². The third kappa shape index (κ3) is 5.88. The predicted molar refractivity (Wildman–Crippen MR) is 88.1 cm³/mol. The molecule has 1 aliphatic heterocycles. The molecule has 0 radical (unpaired) electrons. The zero-order valence-electron chi connectivity index (χ0n) is 13.4. The van der Waals surface area contributed by atoms with E-state index in [1.807, 2.05) is 0 Å². The maximum Gasteiger partial charge on any atom is 0.326 e. The SMILES string of the molecule is O=C(O)CNC(=O)[C@H](CS)NC(=O)CC[C@@H](C(=O)O)N1C(=O)C=CC1=O. The molecule has 0 aromatic carbocycles. The summed E-state index contributed by atoms with van der Waals surface area (Å²) in [5.74, 6) is -5.89. The van der Waals surface area contributed by atoms with Crippen LogP contribution in [0.5, 0.6) is 0 Å². The van der Waals surface area contributed by atoms with Gasteiger partial charge in [0.2, 0.25) is 11.8 Å². The Kier molecular flexibility index (Phi) is 7.77. The highest BCUT2D eigenvalue weighted by Gasteiger charge is 2.36. The third-order valence-electron chi connectivity index (χ3n) is 3.33. The van der Waals surface area contributed by atoms with Crippen LogP contribution < -0.4 is 10.6 Å². The first-order valence-corrected chi connectivity index (χ1v) is 7.98. The number of nitrogens with one attached hydrogen (secondary N) is 2. The predicted octanol–water partition coefficient (Wildman–Crippen LogP) is -2.24. The molecule has 0 saturated carbocycles. The smallest absolute Gasteiger partial charge is 0.326 e. The van der Waals surface area contributed by atoms with Gasteiger partial charge in [0.15, 0.2) is 0 Å². The lowest BCUT2D eigenvalue weighted by Crippen LogP contribution is -2.49. The van der Waals surface area contributed by atoms with Crippen LogP contribution in [0.15, 0.2) is 12.2 Å². The molecule has 0 aliphatic carbocycles. The largest absolute Gasteiger partial charge is 0.480 e. The van der Waals surface area contributed by atoms with Crippen molar-refractivity contribution in [2.45, 2.75) is 24.9 Å². The lowest BCUT2D eigenvalue weighted by atomic mass is 10.1. The van der Waals surface area contributed by atoms with Gasteiger partial charge in [-0.2, -0.15) is 12.6 Å². The van der Waals surface area contributed by atoms with Crippen LogP contribution in [-0.2, 0) is 28.8 Å². The first kappa shape index (κ1) is 21.2. The van der Waals surface area contributed by atoms with E-state index in [4.69, 9.17) is 5.11 Å². The average Bonchev–Trinajstić information content (AvgIpc) is 2.89. The van der Waals surface area contributed by atoms with Crippen LogP contribution in [0.2, 0.25) is 0 Å². The van der Waals surface area contributed by atoms with Crippen LogP contribution in [0.25, 0.3) is 0 Å². The molecule has 0 bridgehead atoms. The Balaban J connectivity index is 2.61. The maximum absolute atomic E-state index is 11.9. The lowest BCUT2D eigenvalue weighted by molar-refractivity contribution is -0.153. The minimum absolute atomic E-state index is 0.118. The number of carbonyl (C=O) groups excluding carboxylic acids is 4. The number of aliphatic carboxylic acids is 2. The van der Waals surface area contributed by atoms with Gasteiger partial charge in [0.05, 0.1) is 0 Å². The molecule has 4 N–H and O–H groups in total. The molecular formula is C14H17N3O8S. The van der Waals surface area contributed by atoms with Crippen LogP contribution >= 0.6 is 12.6 Å². The van der Waals surface area contributed by atoms with Gasteiger partial charge in [-0.1, -0.05) is 0 Å². The van der Waals surface area contributed by atoms with E-state index in [0.717, 1.165) is 12.2 Å². The van der Waals surface area contributed by atoms with Crippen LogP contribution in [0.1, 0.15) is 12.8 Å². The van der Waals surface area contributed by atoms with Gasteiger partial charge >= 0.3 is 11.9 Å². The van der Waals surface area contributed by atoms with E-state index in [0.29, 0.717) is 4.90 Å². The summed E-state index contributed by atoms with van der Waals surface area (Å²) in [5, 5.41) is 22.0. The van der Waals surface area contributed by atoms with Crippen molar-refractivity contribution in [2.24, 2.45) is 0 Å². The van der Waals surface area contributed by atoms with Gasteiger partial charge in [0.1, 0.15) is 18.6 Å². The van der Waals surface area contributed by atoms with Crippen LogP contribution in [0.3, 0.4) is 0 Å². The van der Waals surface area contributed by atoms with Gasteiger partial charge in [-0.15, -0.1) is 0 Å². The fourth-order valence-corrected chi connectivity index (χ4v) is 2.35. The molecule has 0 aromatic heterocycles. The normalized spacial score (nSPS) is 15.5. The molecule has 0 saturated heterocycles. The number of thiol groups is 1. The first-order chi connectivity index (χ1) is 12.2. The Hall–Kier alpha value is -2.89. The Morgan fingerprint density at radius 3 is 2.15 bits per heavy atom. The molecular weight excluding hydrogens is 370 g/mol. The summed E-state index contributed by atoms with van der Waals surface area (Å²) in [6.07, 6.45) is 1.13. The van der Waals surface area contributed by atoms with E-state index >= 15 is 0 Å². The van der Waals surface area contributed by atoms with Crippen molar-refractivity contribution in [3.05, 3.63) is 12.2 Å². The minimum Gasteiger partial charge on any atom is -0.480 e. The number of nitrogens with zero attached hydrogens (tertiary/aromatic N) is 1. The fraction of sp³-hybridized carbons (Fsp3) is 0.429. The Bertz CT molecular complexity index is 645. The van der Waals surface area contributed by atoms with Crippen molar-refractivity contribution < 1.29 is 39.0 Å². The third-order valence-corrected chi connectivity index (χ3v) is 3.70. The highest BCUT2D eigenvalue weighted by atomic mass is 32.1. The van der Waals surface area contributed by atoms with E-state index in [1.54, 1.807) is 0 Å². The molecule has 0 unspecified atom stereocenters. The maximum atomic E-state index is 11.9. The summed E-state index contributed by atoms with van der Waals surface area (Å²) in [7, 11) is 0.